The van der Waals surface area contributed by atoms with Crippen molar-refractivity contribution in [3.63, 3.8) is 0 Å². The lowest BCUT2D eigenvalue weighted by Crippen LogP contribution is -2.10. The summed E-state index contributed by atoms with van der Waals surface area (Å²) in [4.78, 5) is 12.1. The van der Waals surface area contributed by atoms with E-state index in [9.17, 15) is 4.79 Å². The molecule has 0 heterocycles. The van der Waals surface area contributed by atoms with Gasteiger partial charge in [0.25, 0.3) is 0 Å². The molecular weight excluding hydrogens is 210 g/mol. The second kappa shape index (κ2) is 5.42. The minimum absolute atomic E-state index is 0.254. The Morgan fingerprint density at radius 3 is 2.53 bits per heavy atom. The topological polar surface area (TPSA) is 50.1 Å². The van der Waals surface area contributed by atoms with Gasteiger partial charge in [-0.3, -0.25) is 4.79 Å². The number of esters is 1. The van der Waals surface area contributed by atoms with Gasteiger partial charge < -0.3 is 4.74 Å². The summed E-state index contributed by atoms with van der Waals surface area (Å²) < 4.78 is 4.65. The zero-order chi connectivity index (χ0) is 11.3. The van der Waals surface area contributed by atoms with Crippen LogP contribution in [0.1, 0.15) is 18.4 Å². The number of methoxy groups -OCH3 is 1. The highest BCUT2D eigenvalue weighted by Crippen LogP contribution is 2.21. The third-order valence-electron chi connectivity index (χ3n) is 2.10. The van der Waals surface area contributed by atoms with Crippen molar-refractivity contribution < 1.29 is 9.53 Å². The molecule has 1 unspecified atom stereocenters. The minimum atomic E-state index is -0.267. The summed E-state index contributed by atoms with van der Waals surface area (Å²) in [7, 11) is 1.37. The van der Waals surface area contributed by atoms with Crippen LogP contribution >= 0.6 is 11.8 Å². The van der Waals surface area contributed by atoms with Crippen LogP contribution in [0, 0.1) is 10.7 Å². The minimum Gasteiger partial charge on any atom is -0.469 e. The standard InChI is InChI=1S/C11H11NO2S/c1-8(11(13)14-2)9-3-5-10(6-4-9)15-7-12/h3-6,8H,1-2H3. The van der Waals surface area contributed by atoms with Crippen molar-refractivity contribution in [1.29, 1.82) is 5.26 Å². The van der Waals surface area contributed by atoms with E-state index in [2.05, 4.69) is 4.74 Å². The third kappa shape index (κ3) is 3.00. The average molecular weight is 221 g/mol. The number of benzene rings is 1. The predicted molar refractivity (Wildman–Crippen MR) is 58.3 cm³/mol. The number of nitrogens with zero attached hydrogens (tertiary/aromatic N) is 1. The summed E-state index contributed by atoms with van der Waals surface area (Å²) in [5.41, 5.74) is 0.893. The van der Waals surface area contributed by atoms with E-state index in [1.807, 2.05) is 29.7 Å². The lowest BCUT2D eigenvalue weighted by molar-refractivity contribution is -0.141. The first-order valence-electron chi connectivity index (χ1n) is 4.42. The molecule has 1 rings (SSSR count). The summed E-state index contributed by atoms with van der Waals surface area (Å²) in [6.45, 7) is 1.79. The molecule has 0 amide bonds. The van der Waals surface area contributed by atoms with E-state index in [0.717, 1.165) is 22.2 Å². The third-order valence-corrected chi connectivity index (χ3v) is 2.70. The van der Waals surface area contributed by atoms with E-state index in [4.69, 9.17) is 5.26 Å². The van der Waals surface area contributed by atoms with Crippen molar-refractivity contribution in [3.05, 3.63) is 29.8 Å². The van der Waals surface area contributed by atoms with Crippen LogP contribution in [0.4, 0.5) is 0 Å². The maximum absolute atomic E-state index is 11.2. The van der Waals surface area contributed by atoms with E-state index in [1.54, 1.807) is 6.92 Å². The van der Waals surface area contributed by atoms with Crippen LogP contribution in [0.15, 0.2) is 29.2 Å². The van der Waals surface area contributed by atoms with Gasteiger partial charge in [0.05, 0.1) is 13.0 Å². The first-order valence-corrected chi connectivity index (χ1v) is 5.24. The Labute approximate surface area is 93.0 Å². The van der Waals surface area contributed by atoms with Crippen molar-refractivity contribution in [2.24, 2.45) is 0 Å². The Morgan fingerprint density at radius 2 is 2.07 bits per heavy atom. The van der Waals surface area contributed by atoms with E-state index in [1.165, 1.54) is 7.11 Å². The summed E-state index contributed by atoms with van der Waals surface area (Å²) in [5.74, 6) is -0.521. The van der Waals surface area contributed by atoms with Gasteiger partial charge in [0.2, 0.25) is 0 Å². The number of hydrogen-bond acceptors (Lipinski definition) is 4. The van der Waals surface area contributed by atoms with E-state index >= 15 is 0 Å². The molecule has 0 bridgehead atoms. The van der Waals surface area contributed by atoms with Gasteiger partial charge in [-0.1, -0.05) is 12.1 Å². The van der Waals surface area contributed by atoms with Gasteiger partial charge >= 0.3 is 5.97 Å². The highest BCUT2D eigenvalue weighted by atomic mass is 32.2. The van der Waals surface area contributed by atoms with E-state index in [0.29, 0.717) is 0 Å². The molecule has 0 aliphatic heterocycles. The van der Waals surface area contributed by atoms with Gasteiger partial charge in [0.15, 0.2) is 0 Å². The quantitative estimate of drug-likeness (QED) is 0.447. The number of rotatable bonds is 3. The van der Waals surface area contributed by atoms with Crippen LogP contribution in [0.2, 0.25) is 0 Å². The lowest BCUT2D eigenvalue weighted by atomic mass is 10.0. The van der Waals surface area contributed by atoms with Crippen LogP contribution in [-0.2, 0) is 9.53 Å². The highest BCUT2D eigenvalue weighted by Gasteiger charge is 2.14. The highest BCUT2D eigenvalue weighted by molar-refractivity contribution is 8.03. The van der Waals surface area contributed by atoms with Crippen molar-refractivity contribution in [3.8, 4) is 5.40 Å². The van der Waals surface area contributed by atoms with Crippen molar-refractivity contribution in [2.75, 3.05) is 7.11 Å². The molecule has 0 aliphatic carbocycles. The first-order chi connectivity index (χ1) is 7.19. The fourth-order valence-corrected chi connectivity index (χ4v) is 1.57. The van der Waals surface area contributed by atoms with E-state index in [-0.39, 0.29) is 11.9 Å². The van der Waals surface area contributed by atoms with Gasteiger partial charge in [0.1, 0.15) is 5.40 Å². The smallest absolute Gasteiger partial charge is 0.312 e. The van der Waals surface area contributed by atoms with Gasteiger partial charge in [-0.05, 0) is 36.4 Å². The molecule has 0 radical (unpaired) electrons. The van der Waals surface area contributed by atoms with Gasteiger partial charge in [-0.15, -0.1) is 0 Å². The van der Waals surface area contributed by atoms with Crippen molar-refractivity contribution >= 4 is 17.7 Å². The molecule has 0 fully saturated rings. The number of thiocyanates is 1. The van der Waals surface area contributed by atoms with Crippen LogP contribution in [-0.4, -0.2) is 13.1 Å². The lowest BCUT2D eigenvalue weighted by Gasteiger charge is -2.09. The van der Waals surface area contributed by atoms with Gasteiger partial charge in [-0.25, -0.2) is 0 Å². The number of carbonyl (C=O) groups is 1. The molecular formula is C11H11NO2S. The molecule has 1 aromatic rings. The van der Waals surface area contributed by atoms with E-state index < -0.39 is 0 Å². The summed E-state index contributed by atoms with van der Waals surface area (Å²) in [6, 6.07) is 7.31. The molecule has 1 atom stereocenters. The van der Waals surface area contributed by atoms with Crippen molar-refractivity contribution in [2.45, 2.75) is 17.7 Å². The average Bonchev–Trinajstić information content (AvgIpc) is 2.28. The fraction of sp³-hybridized carbons (Fsp3) is 0.273. The summed E-state index contributed by atoms with van der Waals surface area (Å²) in [5, 5.41) is 10.5. The maximum Gasteiger partial charge on any atom is 0.312 e. The maximum atomic E-state index is 11.2. The van der Waals surface area contributed by atoms with Crippen LogP contribution in [0.25, 0.3) is 0 Å². The molecule has 78 valence electrons. The SMILES string of the molecule is COC(=O)C(C)c1ccc(SC#N)cc1. The Morgan fingerprint density at radius 1 is 1.47 bits per heavy atom. The number of ether oxygens (including phenoxy) is 1. The second-order valence-corrected chi connectivity index (χ2v) is 3.87. The van der Waals surface area contributed by atoms with Gasteiger partial charge in [-0.2, -0.15) is 5.26 Å². The summed E-state index contributed by atoms with van der Waals surface area (Å²) in [6.07, 6.45) is 0. The van der Waals surface area contributed by atoms with Crippen LogP contribution in [0.3, 0.4) is 0 Å². The Bertz CT molecular complexity index is 381. The molecule has 0 saturated heterocycles. The Balaban J connectivity index is 2.80. The first kappa shape index (κ1) is 11.6. The number of thioether (sulfide) groups is 1. The molecule has 4 heteroatoms. The molecule has 0 aromatic heterocycles. The molecule has 0 saturated carbocycles. The normalized spacial score (nSPS) is 11.5. The molecule has 0 N–H and O–H groups in total. The Hall–Kier alpha value is -1.47. The summed E-state index contributed by atoms with van der Waals surface area (Å²) >= 11 is 1.10. The molecule has 0 aliphatic rings. The van der Waals surface area contributed by atoms with Crippen LogP contribution < -0.4 is 0 Å². The van der Waals surface area contributed by atoms with Crippen molar-refractivity contribution in [1.82, 2.24) is 0 Å². The number of nitriles is 1. The molecule has 3 nitrogen and oxygen atoms in total. The zero-order valence-corrected chi connectivity index (χ0v) is 9.38. The monoisotopic (exact) mass is 221 g/mol. The largest absolute Gasteiger partial charge is 0.469 e. The fourth-order valence-electron chi connectivity index (χ4n) is 1.19. The number of hydrogen-bond donors (Lipinski definition) is 0. The Kier molecular flexibility index (Phi) is 4.19. The van der Waals surface area contributed by atoms with Crippen LogP contribution in [0.5, 0.6) is 0 Å². The van der Waals surface area contributed by atoms with Gasteiger partial charge in [0, 0.05) is 4.90 Å². The molecule has 15 heavy (non-hydrogen) atoms. The second-order valence-electron chi connectivity index (χ2n) is 3.01. The molecule has 0 spiro atoms. The number of carbonyl (C=O) groups excluding carboxylic acids is 1. The zero-order valence-electron chi connectivity index (χ0n) is 8.56. The molecule has 1 aromatic carbocycles. The predicted octanol–water partition coefficient (Wildman–Crippen LogP) is 2.54.